The number of ether oxygens (including phenoxy) is 1. The predicted molar refractivity (Wildman–Crippen MR) is 101 cm³/mol. The number of terminal acetylenes is 1. The molecule has 0 aromatic rings. The average Bonchev–Trinajstić information content (AvgIpc) is 3.32. The third-order valence-electron chi connectivity index (χ3n) is 4.93. The molecule has 1 heterocycles. The second-order valence-electron chi connectivity index (χ2n) is 7.56. The van der Waals surface area contributed by atoms with E-state index in [-0.39, 0.29) is 35.7 Å². The second-order valence-corrected chi connectivity index (χ2v) is 7.56. The Morgan fingerprint density at radius 2 is 2.04 bits per heavy atom. The van der Waals surface area contributed by atoms with Gasteiger partial charge in [-0.15, -0.1) is 6.42 Å². The molecule has 1 saturated carbocycles. The van der Waals surface area contributed by atoms with E-state index in [1.165, 1.54) is 13.0 Å². The first kappa shape index (κ1) is 22.0. The quantitative estimate of drug-likeness (QED) is 0.106. The van der Waals surface area contributed by atoms with Crippen molar-refractivity contribution in [3.63, 3.8) is 0 Å². The Hall–Kier alpha value is -2.32. The van der Waals surface area contributed by atoms with Crippen LogP contribution in [0.1, 0.15) is 19.8 Å². The number of carboxylic acids is 2. The molecule has 3 atom stereocenters. The smallest absolute Gasteiger partial charge is 0.455 e. The highest BCUT2D eigenvalue weighted by atomic mass is 16.5. The minimum absolute atomic E-state index is 0.0511. The minimum atomic E-state index is -1.38. The lowest BCUT2D eigenvalue weighted by Gasteiger charge is -2.41. The van der Waals surface area contributed by atoms with E-state index in [1.54, 1.807) is 11.0 Å². The van der Waals surface area contributed by atoms with Gasteiger partial charge in [0.2, 0.25) is 0 Å². The van der Waals surface area contributed by atoms with Crippen LogP contribution in [0.5, 0.6) is 0 Å². The Bertz CT molecular complexity index is 720. The van der Waals surface area contributed by atoms with E-state index in [1.807, 2.05) is 0 Å². The van der Waals surface area contributed by atoms with Crippen molar-refractivity contribution < 1.29 is 34.6 Å². The van der Waals surface area contributed by atoms with Gasteiger partial charge < -0.3 is 30.7 Å². The maximum absolute atomic E-state index is 11.4. The Kier molecular flexibility index (Phi) is 6.90. The van der Waals surface area contributed by atoms with E-state index in [4.69, 9.17) is 32.0 Å². The third kappa shape index (κ3) is 5.59. The van der Waals surface area contributed by atoms with Crippen molar-refractivity contribution in [3.8, 4) is 12.3 Å². The highest BCUT2D eigenvalue weighted by Gasteiger charge is 2.44. The van der Waals surface area contributed by atoms with Crippen molar-refractivity contribution in [2.24, 2.45) is 11.7 Å². The summed E-state index contributed by atoms with van der Waals surface area (Å²) in [6.45, 7) is 2.37. The van der Waals surface area contributed by atoms with Crippen molar-refractivity contribution in [2.45, 2.75) is 37.2 Å². The highest BCUT2D eigenvalue weighted by molar-refractivity contribution is 6.44. The summed E-state index contributed by atoms with van der Waals surface area (Å²) in [5.74, 6) is -0.253. The number of hydrogen-bond donors (Lipinski definition) is 5. The van der Waals surface area contributed by atoms with E-state index < -0.39 is 24.6 Å². The van der Waals surface area contributed by atoms with Gasteiger partial charge >= 0.3 is 19.1 Å². The van der Waals surface area contributed by atoms with Gasteiger partial charge in [-0.25, -0.2) is 4.79 Å². The van der Waals surface area contributed by atoms with Gasteiger partial charge in [0.1, 0.15) is 17.4 Å². The summed E-state index contributed by atoms with van der Waals surface area (Å²) in [4.78, 5) is 24.2. The predicted octanol–water partition coefficient (Wildman–Crippen LogP) is -0.730. The SMILES string of the molecule is C#C/C(C(=O)O)=C(\C=C/CC1CC1B(O)O)OC1CN(CC(C)(N)C(=O)O)C1. The molecule has 1 aliphatic heterocycles. The molecule has 1 aliphatic carbocycles. The molecule has 2 fully saturated rings. The molecule has 0 aromatic heterocycles. The lowest BCUT2D eigenvalue weighted by molar-refractivity contribution is -0.145. The van der Waals surface area contributed by atoms with Gasteiger partial charge in [0, 0.05) is 19.6 Å². The summed E-state index contributed by atoms with van der Waals surface area (Å²) in [7, 11) is -1.34. The highest BCUT2D eigenvalue weighted by Crippen LogP contribution is 2.48. The summed E-state index contributed by atoms with van der Waals surface area (Å²) in [5, 5.41) is 36.6. The maximum atomic E-state index is 11.4. The first-order chi connectivity index (χ1) is 13.0. The molecule has 0 radical (unpaired) electrons. The number of nitrogens with two attached hydrogens (primary N) is 1. The van der Waals surface area contributed by atoms with Crippen LogP contribution in [0.4, 0.5) is 0 Å². The first-order valence-electron chi connectivity index (χ1n) is 8.93. The van der Waals surface area contributed by atoms with Gasteiger partial charge in [-0.3, -0.25) is 9.69 Å². The molecule has 1 saturated heterocycles. The zero-order valence-corrected chi connectivity index (χ0v) is 15.6. The fourth-order valence-corrected chi connectivity index (χ4v) is 3.11. The average molecular weight is 392 g/mol. The number of nitrogens with zero attached hydrogens (tertiary/aromatic N) is 1. The molecule has 0 amide bonds. The molecule has 152 valence electrons. The Morgan fingerprint density at radius 1 is 1.39 bits per heavy atom. The number of allylic oxidation sites excluding steroid dienone is 2. The fraction of sp³-hybridized carbons (Fsp3) is 0.556. The van der Waals surface area contributed by atoms with Gasteiger partial charge in [0.05, 0.1) is 0 Å². The normalized spacial score (nSPS) is 25.2. The van der Waals surface area contributed by atoms with Crippen LogP contribution in [0.2, 0.25) is 5.82 Å². The Balaban J connectivity index is 1.94. The van der Waals surface area contributed by atoms with Crippen LogP contribution in [0, 0.1) is 18.3 Å². The standard InChI is InChI=1S/C18H25BN2O7/c1-3-13(16(22)23)15(6-4-5-11-7-14(11)19(26)27)28-12-8-21(9-12)10-18(2,20)17(24)25/h1,4,6,11-12,14,26-27H,5,7-10,20H2,2H3,(H,22,23)(H,24,25)/b6-4-,15-13-. The lowest BCUT2D eigenvalue weighted by Crippen LogP contribution is -2.61. The topological polar surface area (TPSA) is 154 Å². The van der Waals surface area contributed by atoms with Crippen LogP contribution in [0.25, 0.3) is 0 Å². The van der Waals surface area contributed by atoms with Crippen molar-refractivity contribution in [1.82, 2.24) is 4.90 Å². The lowest BCUT2D eigenvalue weighted by atomic mass is 9.81. The molecule has 2 aliphatic rings. The molecule has 2 rings (SSSR count). The van der Waals surface area contributed by atoms with Crippen LogP contribution in [-0.2, 0) is 14.3 Å². The summed E-state index contributed by atoms with van der Waals surface area (Å²) in [6.07, 6.45) is 9.41. The van der Waals surface area contributed by atoms with Gasteiger partial charge in [-0.1, -0.05) is 12.0 Å². The molecule has 28 heavy (non-hydrogen) atoms. The van der Waals surface area contributed by atoms with Crippen molar-refractivity contribution in [1.29, 1.82) is 0 Å². The van der Waals surface area contributed by atoms with Crippen molar-refractivity contribution in [3.05, 3.63) is 23.5 Å². The molecule has 9 nitrogen and oxygen atoms in total. The Morgan fingerprint density at radius 3 is 2.50 bits per heavy atom. The number of carboxylic acid groups (broad SMARTS) is 2. The molecule has 0 spiro atoms. The molecule has 3 unspecified atom stereocenters. The van der Waals surface area contributed by atoms with E-state index in [0.29, 0.717) is 25.9 Å². The number of hydrogen-bond acceptors (Lipinski definition) is 7. The summed E-state index contributed by atoms with van der Waals surface area (Å²) >= 11 is 0. The number of carbonyl (C=O) groups is 2. The third-order valence-corrected chi connectivity index (χ3v) is 4.93. The van der Waals surface area contributed by atoms with Crippen LogP contribution in [-0.4, -0.2) is 75.5 Å². The van der Waals surface area contributed by atoms with E-state index in [9.17, 15) is 14.7 Å². The maximum Gasteiger partial charge on any atom is 0.455 e. The van der Waals surface area contributed by atoms with Crippen molar-refractivity contribution in [2.75, 3.05) is 19.6 Å². The summed E-state index contributed by atoms with van der Waals surface area (Å²) in [6, 6.07) is 0. The fourth-order valence-electron chi connectivity index (χ4n) is 3.11. The number of likely N-dealkylation sites (tertiary alicyclic amines) is 1. The largest absolute Gasteiger partial charge is 0.486 e. The minimum Gasteiger partial charge on any atom is -0.486 e. The van der Waals surface area contributed by atoms with E-state index >= 15 is 0 Å². The number of rotatable bonds is 10. The molecule has 0 bridgehead atoms. The summed E-state index contributed by atoms with van der Waals surface area (Å²) in [5.41, 5.74) is 4.03. The van der Waals surface area contributed by atoms with Crippen LogP contribution in [0.15, 0.2) is 23.5 Å². The number of aliphatic carboxylic acids is 2. The van der Waals surface area contributed by atoms with Gasteiger partial charge in [0.25, 0.3) is 0 Å². The van der Waals surface area contributed by atoms with E-state index in [0.717, 1.165) is 0 Å². The van der Waals surface area contributed by atoms with Crippen LogP contribution in [0.3, 0.4) is 0 Å². The molecule has 6 N–H and O–H groups in total. The van der Waals surface area contributed by atoms with Gasteiger partial charge in [-0.05, 0) is 37.6 Å². The second kappa shape index (κ2) is 8.79. The van der Waals surface area contributed by atoms with Gasteiger partial charge in [-0.2, -0.15) is 0 Å². The summed E-state index contributed by atoms with van der Waals surface area (Å²) < 4.78 is 5.72. The molecular formula is C18H25BN2O7. The zero-order chi connectivity index (χ0) is 21.1. The Labute approximate surface area is 163 Å². The molecule has 10 heteroatoms. The van der Waals surface area contributed by atoms with Gasteiger partial charge in [0.15, 0.2) is 5.57 Å². The van der Waals surface area contributed by atoms with E-state index in [2.05, 4.69) is 5.92 Å². The first-order valence-corrected chi connectivity index (χ1v) is 8.93. The molecular weight excluding hydrogens is 367 g/mol. The zero-order valence-electron chi connectivity index (χ0n) is 15.6. The molecule has 0 aromatic carbocycles. The monoisotopic (exact) mass is 392 g/mol. The van der Waals surface area contributed by atoms with Crippen LogP contribution >= 0.6 is 0 Å². The van der Waals surface area contributed by atoms with Crippen molar-refractivity contribution >= 4 is 19.1 Å². The van der Waals surface area contributed by atoms with Crippen LogP contribution < -0.4 is 5.73 Å².